The molecule has 0 heterocycles. The van der Waals surface area contributed by atoms with E-state index < -0.39 is 0 Å². The van der Waals surface area contributed by atoms with E-state index in [4.69, 9.17) is 9.47 Å². The number of methoxy groups -OCH3 is 1. The first-order chi connectivity index (χ1) is 8.38. The van der Waals surface area contributed by atoms with Crippen LogP contribution in [0.3, 0.4) is 0 Å². The van der Waals surface area contributed by atoms with E-state index in [2.05, 4.69) is 23.5 Å². The van der Waals surface area contributed by atoms with Crippen LogP contribution in [-0.2, 0) is 11.2 Å². The molecule has 3 heteroatoms. The molecular weight excluding hydrogens is 214 g/mol. The van der Waals surface area contributed by atoms with Gasteiger partial charge >= 0.3 is 0 Å². The van der Waals surface area contributed by atoms with Crippen molar-refractivity contribution < 1.29 is 9.47 Å². The molecule has 0 aromatic heterocycles. The molecule has 1 aliphatic rings. The van der Waals surface area contributed by atoms with E-state index in [9.17, 15) is 0 Å². The Balaban J connectivity index is 1.71. The Kier molecular flexibility index (Phi) is 4.83. The van der Waals surface area contributed by atoms with Crippen LogP contribution in [0.1, 0.15) is 18.4 Å². The Morgan fingerprint density at radius 3 is 2.94 bits per heavy atom. The largest absolute Gasteiger partial charge is 0.490 e. The molecule has 3 nitrogen and oxygen atoms in total. The van der Waals surface area contributed by atoms with Gasteiger partial charge in [0, 0.05) is 13.7 Å². The molecule has 17 heavy (non-hydrogen) atoms. The summed E-state index contributed by atoms with van der Waals surface area (Å²) in [7, 11) is 1.72. The highest BCUT2D eigenvalue weighted by Gasteiger charge is 2.23. The predicted octanol–water partition coefficient (Wildman–Crippen LogP) is 2.01. The van der Waals surface area contributed by atoms with E-state index in [1.54, 1.807) is 7.11 Å². The van der Waals surface area contributed by atoms with Crippen molar-refractivity contribution in [2.24, 2.45) is 0 Å². The highest BCUT2D eigenvalue weighted by Crippen LogP contribution is 2.27. The molecule has 94 valence electrons. The Morgan fingerprint density at radius 2 is 2.18 bits per heavy atom. The minimum absolute atomic E-state index is 0.477. The van der Waals surface area contributed by atoms with Crippen molar-refractivity contribution in [3.63, 3.8) is 0 Å². The van der Waals surface area contributed by atoms with Crippen molar-refractivity contribution in [1.29, 1.82) is 0 Å². The fourth-order valence-corrected chi connectivity index (χ4v) is 1.68. The summed E-state index contributed by atoms with van der Waals surface area (Å²) in [4.78, 5) is 0. The zero-order valence-corrected chi connectivity index (χ0v) is 10.4. The molecule has 0 amide bonds. The first kappa shape index (κ1) is 12.4. The minimum atomic E-state index is 0.477. The Bertz CT molecular complexity index is 337. The van der Waals surface area contributed by atoms with Gasteiger partial charge in [-0.25, -0.2) is 0 Å². The number of nitrogens with one attached hydrogen (secondary N) is 1. The van der Waals surface area contributed by atoms with E-state index >= 15 is 0 Å². The average Bonchev–Trinajstić information content (AvgIpc) is 3.13. The summed E-state index contributed by atoms with van der Waals surface area (Å²) >= 11 is 0. The zero-order chi connectivity index (χ0) is 11.9. The van der Waals surface area contributed by atoms with Crippen molar-refractivity contribution in [3.8, 4) is 5.75 Å². The lowest BCUT2D eigenvalue weighted by Crippen LogP contribution is -2.21. The predicted molar refractivity (Wildman–Crippen MR) is 68.5 cm³/mol. The first-order valence-electron chi connectivity index (χ1n) is 6.34. The smallest absolute Gasteiger partial charge is 0.119 e. The molecule has 0 saturated heterocycles. The van der Waals surface area contributed by atoms with E-state index in [1.165, 1.54) is 18.4 Å². The molecule has 1 aromatic rings. The van der Waals surface area contributed by atoms with Crippen LogP contribution in [-0.4, -0.2) is 32.9 Å². The van der Waals surface area contributed by atoms with Crippen molar-refractivity contribution in [1.82, 2.24) is 5.32 Å². The maximum absolute atomic E-state index is 5.77. The van der Waals surface area contributed by atoms with Crippen molar-refractivity contribution in [2.45, 2.75) is 25.4 Å². The van der Waals surface area contributed by atoms with Gasteiger partial charge in [0.15, 0.2) is 0 Å². The quantitative estimate of drug-likeness (QED) is 0.699. The second kappa shape index (κ2) is 6.62. The van der Waals surface area contributed by atoms with Gasteiger partial charge < -0.3 is 14.8 Å². The van der Waals surface area contributed by atoms with Gasteiger partial charge in [0.25, 0.3) is 0 Å². The monoisotopic (exact) mass is 235 g/mol. The van der Waals surface area contributed by atoms with Crippen LogP contribution >= 0.6 is 0 Å². The standard InChI is InChI=1S/C14H21NO2/c1-16-10-9-15-8-7-12-3-2-4-14(11-12)17-13-5-6-13/h2-4,11,13,15H,5-10H2,1H3. The average molecular weight is 235 g/mol. The van der Waals surface area contributed by atoms with Crippen LogP contribution in [0.15, 0.2) is 24.3 Å². The number of benzene rings is 1. The van der Waals surface area contributed by atoms with Gasteiger partial charge in [-0.15, -0.1) is 0 Å². The van der Waals surface area contributed by atoms with Crippen LogP contribution in [0.4, 0.5) is 0 Å². The van der Waals surface area contributed by atoms with Crippen LogP contribution < -0.4 is 10.1 Å². The maximum atomic E-state index is 5.77. The van der Waals surface area contributed by atoms with Crippen LogP contribution in [0.2, 0.25) is 0 Å². The first-order valence-corrected chi connectivity index (χ1v) is 6.34. The molecule has 1 aromatic carbocycles. The van der Waals surface area contributed by atoms with Crippen LogP contribution in [0.5, 0.6) is 5.75 Å². The van der Waals surface area contributed by atoms with E-state index in [0.29, 0.717) is 6.10 Å². The van der Waals surface area contributed by atoms with E-state index in [1.807, 2.05) is 6.07 Å². The molecule has 0 unspecified atom stereocenters. The molecule has 0 atom stereocenters. The molecular formula is C14H21NO2. The number of hydrogen-bond acceptors (Lipinski definition) is 3. The van der Waals surface area contributed by atoms with Gasteiger partial charge in [0.2, 0.25) is 0 Å². The normalized spacial score (nSPS) is 14.9. The topological polar surface area (TPSA) is 30.5 Å². The lowest BCUT2D eigenvalue weighted by atomic mass is 10.1. The zero-order valence-electron chi connectivity index (χ0n) is 10.4. The molecule has 1 saturated carbocycles. The SMILES string of the molecule is COCCNCCc1cccc(OC2CC2)c1. The fraction of sp³-hybridized carbons (Fsp3) is 0.571. The number of hydrogen-bond donors (Lipinski definition) is 1. The highest BCUT2D eigenvalue weighted by atomic mass is 16.5. The van der Waals surface area contributed by atoms with E-state index in [0.717, 1.165) is 31.9 Å². The molecule has 1 aliphatic carbocycles. The van der Waals surface area contributed by atoms with Gasteiger partial charge in [-0.1, -0.05) is 12.1 Å². The van der Waals surface area contributed by atoms with Crippen molar-refractivity contribution >= 4 is 0 Å². The fourth-order valence-electron chi connectivity index (χ4n) is 1.68. The number of ether oxygens (including phenoxy) is 2. The highest BCUT2D eigenvalue weighted by molar-refractivity contribution is 5.29. The summed E-state index contributed by atoms with van der Waals surface area (Å²) in [6.45, 7) is 2.66. The molecule has 1 N–H and O–H groups in total. The Hall–Kier alpha value is -1.06. The summed E-state index contributed by atoms with van der Waals surface area (Å²) in [5, 5.41) is 3.34. The van der Waals surface area contributed by atoms with Crippen molar-refractivity contribution in [2.75, 3.05) is 26.8 Å². The summed E-state index contributed by atoms with van der Waals surface area (Å²) < 4.78 is 10.8. The molecule has 2 rings (SSSR count). The lowest BCUT2D eigenvalue weighted by Gasteiger charge is -2.07. The molecule has 0 aliphatic heterocycles. The molecule has 0 bridgehead atoms. The third-order valence-corrected chi connectivity index (χ3v) is 2.80. The van der Waals surface area contributed by atoms with Crippen LogP contribution in [0.25, 0.3) is 0 Å². The maximum Gasteiger partial charge on any atom is 0.119 e. The summed E-state index contributed by atoms with van der Waals surface area (Å²) in [6.07, 6.45) is 3.93. The summed E-state index contributed by atoms with van der Waals surface area (Å²) in [5.74, 6) is 1.02. The second-order valence-corrected chi connectivity index (χ2v) is 4.46. The van der Waals surface area contributed by atoms with Gasteiger partial charge in [0.05, 0.1) is 12.7 Å². The minimum Gasteiger partial charge on any atom is -0.490 e. The van der Waals surface area contributed by atoms with E-state index in [-0.39, 0.29) is 0 Å². The van der Waals surface area contributed by atoms with Gasteiger partial charge in [0.1, 0.15) is 5.75 Å². The Labute approximate surface area is 103 Å². The molecule has 0 radical (unpaired) electrons. The van der Waals surface area contributed by atoms with Gasteiger partial charge in [-0.05, 0) is 43.5 Å². The van der Waals surface area contributed by atoms with Gasteiger partial charge in [-0.3, -0.25) is 0 Å². The third-order valence-electron chi connectivity index (χ3n) is 2.80. The van der Waals surface area contributed by atoms with Gasteiger partial charge in [-0.2, -0.15) is 0 Å². The van der Waals surface area contributed by atoms with Crippen LogP contribution in [0, 0.1) is 0 Å². The lowest BCUT2D eigenvalue weighted by molar-refractivity contribution is 0.199. The third kappa shape index (κ3) is 4.75. The molecule has 0 spiro atoms. The second-order valence-electron chi connectivity index (χ2n) is 4.46. The molecule has 1 fully saturated rings. The number of rotatable bonds is 8. The van der Waals surface area contributed by atoms with Crippen molar-refractivity contribution in [3.05, 3.63) is 29.8 Å². The summed E-state index contributed by atoms with van der Waals surface area (Å²) in [5.41, 5.74) is 1.33. The summed E-state index contributed by atoms with van der Waals surface area (Å²) in [6, 6.07) is 8.41. The Morgan fingerprint density at radius 1 is 1.29 bits per heavy atom.